The molecule has 0 atom stereocenters. The van der Waals surface area contributed by atoms with Crippen molar-refractivity contribution in [3.05, 3.63) is 107 Å². The Morgan fingerprint density at radius 2 is 0.895 bits per heavy atom. The summed E-state index contributed by atoms with van der Waals surface area (Å²) in [4.78, 5) is 25.8. The zero-order chi connectivity index (χ0) is 27.2. The van der Waals surface area contributed by atoms with Gasteiger partial charge in [0.1, 0.15) is 11.5 Å². The number of phenols is 2. The number of fused-ring (bicyclic) bond motifs is 2. The first kappa shape index (κ1) is 25.0. The molecule has 0 aromatic heterocycles. The van der Waals surface area contributed by atoms with E-state index in [0.717, 1.165) is 12.1 Å². The number of aromatic hydroxyl groups is 2. The van der Waals surface area contributed by atoms with Gasteiger partial charge >= 0.3 is 0 Å². The van der Waals surface area contributed by atoms with Crippen LogP contribution in [0.15, 0.2) is 94.7 Å². The van der Waals surface area contributed by atoms with Crippen molar-refractivity contribution >= 4 is 43.0 Å². The van der Waals surface area contributed by atoms with Gasteiger partial charge in [-0.05, 0) is 60.7 Å². The number of benzene rings is 4. The van der Waals surface area contributed by atoms with Gasteiger partial charge < -0.3 is 10.2 Å². The Balaban J connectivity index is 1.51. The number of hydrogen-bond donors (Lipinski definition) is 4. The summed E-state index contributed by atoms with van der Waals surface area (Å²) in [6, 6.07) is 17.8. The number of nitrogens with one attached hydrogen (secondary N) is 2. The maximum atomic E-state index is 13.4. The first-order valence-electron chi connectivity index (χ1n) is 11.0. The Labute approximate surface area is 217 Å². The summed E-state index contributed by atoms with van der Waals surface area (Å²) in [6.45, 7) is 0. The lowest BCUT2D eigenvalue weighted by molar-refractivity contribution is 0.0978. The largest absolute Gasteiger partial charge is 0.508 e. The highest BCUT2D eigenvalue weighted by molar-refractivity contribution is 7.93. The molecule has 1 aliphatic rings. The minimum absolute atomic E-state index is 0.0210. The lowest BCUT2D eigenvalue weighted by Crippen LogP contribution is -2.23. The third kappa shape index (κ3) is 4.58. The predicted octanol–water partition coefficient (Wildman–Crippen LogP) is 3.47. The second-order valence-electron chi connectivity index (χ2n) is 8.38. The number of carbonyl (C=O) groups is 2. The van der Waals surface area contributed by atoms with Gasteiger partial charge in [-0.15, -0.1) is 0 Å². The molecule has 10 nitrogen and oxygen atoms in total. The smallest absolute Gasteiger partial charge is 0.261 e. The molecule has 1 aliphatic carbocycles. The standard InChI is InChI=1S/C26H18N2O8S2/c29-17-5-1-3-15(11-17)27-37(33,34)19-7-9-21-23(13-19)26(32)24-14-20(8-10-22(24)25(21)31)38(35,36)28-16-4-2-6-18(30)12-16/h1-14,27-30H. The van der Waals surface area contributed by atoms with E-state index < -0.39 is 31.6 Å². The van der Waals surface area contributed by atoms with Crippen LogP contribution in [0.5, 0.6) is 11.5 Å². The van der Waals surface area contributed by atoms with Crippen molar-refractivity contribution in [2.75, 3.05) is 9.44 Å². The van der Waals surface area contributed by atoms with E-state index >= 15 is 0 Å². The molecule has 0 spiro atoms. The quantitative estimate of drug-likeness (QED) is 0.249. The number of carbonyl (C=O) groups excluding carboxylic acids is 2. The number of ketones is 2. The molecule has 0 fully saturated rings. The van der Waals surface area contributed by atoms with Crippen LogP contribution in [0.25, 0.3) is 0 Å². The van der Waals surface area contributed by atoms with Crippen molar-refractivity contribution in [1.82, 2.24) is 0 Å². The van der Waals surface area contributed by atoms with E-state index in [1.807, 2.05) is 0 Å². The van der Waals surface area contributed by atoms with Crippen molar-refractivity contribution < 1.29 is 36.6 Å². The minimum Gasteiger partial charge on any atom is -0.508 e. The fourth-order valence-corrected chi connectivity index (χ4v) is 6.16. The lowest BCUT2D eigenvalue weighted by Gasteiger charge is -2.19. The Bertz CT molecular complexity index is 1730. The third-order valence-corrected chi connectivity index (χ3v) is 8.54. The van der Waals surface area contributed by atoms with Gasteiger partial charge in [0.25, 0.3) is 20.0 Å². The molecule has 12 heteroatoms. The molecule has 4 aromatic carbocycles. The minimum atomic E-state index is -4.20. The van der Waals surface area contributed by atoms with Gasteiger partial charge in [0, 0.05) is 34.4 Å². The first-order chi connectivity index (χ1) is 17.9. The van der Waals surface area contributed by atoms with Gasteiger partial charge in [0.15, 0.2) is 11.6 Å². The first-order valence-corrected chi connectivity index (χ1v) is 13.9. The van der Waals surface area contributed by atoms with Gasteiger partial charge in [-0.2, -0.15) is 0 Å². The second kappa shape index (κ2) is 9.01. The summed E-state index contributed by atoms with van der Waals surface area (Å²) in [5.41, 5.74) is -0.262. The molecule has 0 bridgehead atoms. The van der Waals surface area contributed by atoms with Crippen LogP contribution in [0.2, 0.25) is 0 Å². The molecule has 0 saturated carbocycles. The molecular weight excluding hydrogens is 532 g/mol. The SMILES string of the molecule is O=C1c2ccc(S(=O)(=O)Nc3cccc(O)c3)cc2C(=O)c2cc(S(=O)(=O)Nc3cccc(O)c3)ccc21. The fraction of sp³-hybridized carbons (Fsp3) is 0. The highest BCUT2D eigenvalue weighted by Crippen LogP contribution is 2.32. The summed E-state index contributed by atoms with van der Waals surface area (Å²) in [5.74, 6) is -1.60. The molecule has 0 amide bonds. The van der Waals surface area contributed by atoms with Gasteiger partial charge in [-0.1, -0.05) is 12.1 Å². The number of anilines is 2. The van der Waals surface area contributed by atoms with Gasteiger partial charge in [0.05, 0.1) is 21.2 Å². The average Bonchev–Trinajstić information content (AvgIpc) is 2.86. The second-order valence-corrected chi connectivity index (χ2v) is 11.7. The van der Waals surface area contributed by atoms with Crippen LogP contribution < -0.4 is 9.44 Å². The highest BCUT2D eigenvalue weighted by atomic mass is 32.2. The molecule has 0 heterocycles. The van der Waals surface area contributed by atoms with Crippen molar-refractivity contribution in [1.29, 1.82) is 0 Å². The van der Waals surface area contributed by atoms with Crippen molar-refractivity contribution in [3.8, 4) is 11.5 Å². The normalized spacial score (nSPS) is 12.9. The van der Waals surface area contributed by atoms with Crippen molar-refractivity contribution in [2.24, 2.45) is 0 Å². The van der Waals surface area contributed by atoms with Crippen LogP contribution in [-0.4, -0.2) is 38.6 Å². The summed E-state index contributed by atoms with van der Waals surface area (Å²) >= 11 is 0. The maximum absolute atomic E-state index is 13.4. The Hall–Kier alpha value is -4.68. The molecule has 0 saturated heterocycles. The Morgan fingerprint density at radius 1 is 0.500 bits per heavy atom. The molecule has 0 radical (unpaired) electrons. The summed E-state index contributed by atoms with van der Waals surface area (Å²) in [5, 5.41) is 19.2. The molecule has 192 valence electrons. The average molecular weight is 551 g/mol. The molecule has 0 aliphatic heterocycles. The number of rotatable bonds is 6. The molecule has 38 heavy (non-hydrogen) atoms. The predicted molar refractivity (Wildman–Crippen MR) is 138 cm³/mol. The molecule has 5 rings (SSSR count). The molecule has 4 aromatic rings. The van der Waals surface area contributed by atoms with Gasteiger partial charge in [-0.25, -0.2) is 16.8 Å². The van der Waals surface area contributed by atoms with Crippen LogP contribution >= 0.6 is 0 Å². The van der Waals surface area contributed by atoms with Crippen molar-refractivity contribution in [2.45, 2.75) is 9.79 Å². The Morgan fingerprint density at radius 3 is 1.29 bits per heavy atom. The summed E-state index contributed by atoms with van der Waals surface area (Å²) in [7, 11) is -8.40. The van der Waals surface area contributed by atoms with E-state index in [9.17, 15) is 36.6 Å². The van der Waals surface area contributed by atoms with Crippen LogP contribution in [0, 0.1) is 0 Å². The molecular formula is C26H18N2O8S2. The third-order valence-electron chi connectivity index (χ3n) is 5.78. The Kier molecular flexibility index (Phi) is 5.93. The van der Waals surface area contributed by atoms with Crippen LogP contribution in [0.3, 0.4) is 0 Å². The number of sulfonamides is 2. The zero-order valence-electron chi connectivity index (χ0n) is 19.2. The van der Waals surface area contributed by atoms with E-state index in [0.29, 0.717) is 0 Å². The fourth-order valence-electron chi connectivity index (χ4n) is 4.01. The van der Waals surface area contributed by atoms with E-state index in [-0.39, 0.29) is 54.9 Å². The van der Waals surface area contributed by atoms with Gasteiger partial charge in [-0.3, -0.25) is 19.0 Å². The number of phenolic OH excluding ortho intramolecular Hbond substituents is 2. The zero-order valence-corrected chi connectivity index (χ0v) is 20.9. The highest BCUT2D eigenvalue weighted by Gasteiger charge is 2.32. The van der Waals surface area contributed by atoms with E-state index in [1.54, 1.807) is 0 Å². The maximum Gasteiger partial charge on any atom is 0.261 e. The van der Waals surface area contributed by atoms with E-state index in [1.165, 1.54) is 72.8 Å². The monoisotopic (exact) mass is 550 g/mol. The van der Waals surface area contributed by atoms with Crippen molar-refractivity contribution in [3.63, 3.8) is 0 Å². The lowest BCUT2D eigenvalue weighted by atomic mass is 9.84. The van der Waals surface area contributed by atoms with Crippen LogP contribution in [0.4, 0.5) is 11.4 Å². The van der Waals surface area contributed by atoms with E-state index in [2.05, 4.69) is 9.44 Å². The van der Waals surface area contributed by atoms with Crippen LogP contribution in [-0.2, 0) is 20.0 Å². The molecule has 4 N–H and O–H groups in total. The summed E-state index contributed by atoms with van der Waals surface area (Å²) < 4.78 is 56.3. The molecule has 0 unspecified atom stereocenters. The van der Waals surface area contributed by atoms with Crippen LogP contribution in [0.1, 0.15) is 31.8 Å². The topological polar surface area (TPSA) is 167 Å². The number of hydrogen-bond acceptors (Lipinski definition) is 8. The van der Waals surface area contributed by atoms with Gasteiger partial charge in [0.2, 0.25) is 0 Å². The van der Waals surface area contributed by atoms with E-state index in [4.69, 9.17) is 0 Å². The summed E-state index contributed by atoms with van der Waals surface area (Å²) in [6.07, 6.45) is 0.